The highest BCUT2D eigenvalue weighted by molar-refractivity contribution is 5.30. The Kier molecular flexibility index (Phi) is 4.73. The van der Waals surface area contributed by atoms with Crippen molar-refractivity contribution in [2.75, 3.05) is 13.7 Å². The lowest BCUT2D eigenvalue weighted by Gasteiger charge is -2.28. The van der Waals surface area contributed by atoms with Gasteiger partial charge in [0.15, 0.2) is 0 Å². The van der Waals surface area contributed by atoms with E-state index in [-0.39, 0.29) is 5.56 Å². The molecule has 0 fully saturated rings. The van der Waals surface area contributed by atoms with Crippen LogP contribution in [0.3, 0.4) is 0 Å². The predicted molar refractivity (Wildman–Crippen MR) is 60.4 cm³/mol. The van der Waals surface area contributed by atoms with Gasteiger partial charge < -0.3 is 10.1 Å². The molecule has 0 aliphatic rings. The summed E-state index contributed by atoms with van der Waals surface area (Å²) >= 11 is 0. The number of halogens is 5. The molecule has 1 rings (SSSR count). The monoisotopic (exact) mass is 283 g/mol. The van der Waals surface area contributed by atoms with Crippen molar-refractivity contribution >= 4 is 0 Å². The Balaban J connectivity index is 3.03. The second kappa shape index (κ2) is 5.73. The molecule has 1 atom stereocenters. The van der Waals surface area contributed by atoms with Crippen LogP contribution in [0, 0.1) is 0 Å². The molecule has 0 aliphatic heterocycles. The number of rotatable bonds is 5. The van der Waals surface area contributed by atoms with Crippen LogP contribution in [0.2, 0.25) is 0 Å². The Hall–Kier alpha value is -1.37. The number of ether oxygens (including phenoxy) is 1. The first-order valence-corrected chi connectivity index (χ1v) is 5.58. The van der Waals surface area contributed by atoms with Crippen molar-refractivity contribution < 1.29 is 26.7 Å². The number of nitrogens with one attached hydrogen (secondary N) is 1. The minimum absolute atomic E-state index is 0.159. The summed E-state index contributed by atoms with van der Waals surface area (Å²) in [5.41, 5.74) is -0.159. The first-order valence-electron chi connectivity index (χ1n) is 5.58. The van der Waals surface area contributed by atoms with E-state index in [2.05, 4.69) is 0 Å². The molecule has 0 saturated carbocycles. The zero-order valence-corrected chi connectivity index (χ0v) is 10.4. The molecular formula is C12H14F5NO. The van der Waals surface area contributed by atoms with E-state index >= 15 is 0 Å². The van der Waals surface area contributed by atoms with Gasteiger partial charge in [0.1, 0.15) is 11.8 Å². The quantitative estimate of drug-likeness (QED) is 0.834. The van der Waals surface area contributed by atoms with E-state index in [0.29, 0.717) is 12.4 Å². The average molecular weight is 283 g/mol. The summed E-state index contributed by atoms with van der Waals surface area (Å²) in [6, 6.07) is 2.95. The van der Waals surface area contributed by atoms with Gasteiger partial charge in [-0.25, -0.2) is 0 Å². The Morgan fingerprint density at radius 1 is 1.11 bits per heavy atom. The summed E-state index contributed by atoms with van der Waals surface area (Å²) in [4.78, 5) is 0. The maximum absolute atomic E-state index is 13.3. The Morgan fingerprint density at radius 3 is 2.00 bits per heavy atom. The van der Waals surface area contributed by atoms with Crippen molar-refractivity contribution in [2.45, 2.75) is 25.1 Å². The molecule has 1 aromatic carbocycles. The molecule has 0 aromatic heterocycles. The van der Waals surface area contributed by atoms with Gasteiger partial charge in [0, 0.05) is 0 Å². The van der Waals surface area contributed by atoms with Crippen LogP contribution in [0.1, 0.15) is 18.5 Å². The summed E-state index contributed by atoms with van der Waals surface area (Å²) < 4.78 is 68.7. The van der Waals surface area contributed by atoms with Gasteiger partial charge >= 0.3 is 12.1 Å². The third-order valence-corrected chi connectivity index (χ3v) is 2.55. The molecule has 19 heavy (non-hydrogen) atoms. The molecule has 0 aliphatic carbocycles. The van der Waals surface area contributed by atoms with Gasteiger partial charge in [0.2, 0.25) is 0 Å². The highest BCUT2D eigenvalue weighted by atomic mass is 19.4. The van der Waals surface area contributed by atoms with Crippen LogP contribution in [0.25, 0.3) is 0 Å². The zero-order valence-electron chi connectivity index (χ0n) is 10.4. The molecule has 1 aromatic rings. The summed E-state index contributed by atoms with van der Waals surface area (Å²) in [5.74, 6) is -4.44. The molecule has 2 nitrogen and oxygen atoms in total. The van der Waals surface area contributed by atoms with E-state index in [1.165, 1.54) is 24.3 Å². The fourth-order valence-corrected chi connectivity index (χ4v) is 1.64. The molecule has 0 bridgehead atoms. The fraction of sp³-hybridized carbons (Fsp3) is 0.500. The molecule has 7 heteroatoms. The minimum atomic E-state index is -5.61. The largest absolute Gasteiger partial charge is 0.494 e. The SMILES string of the molecule is CCOc1ccc(C(NC)C(F)(F)C(F)(F)F)cc1. The lowest BCUT2D eigenvalue weighted by molar-refractivity contribution is -0.293. The van der Waals surface area contributed by atoms with Crippen molar-refractivity contribution in [3.05, 3.63) is 29.8 Å². The average Bonchev–Trinajstić information content (AvgIpc) is 2.31. The molecule has 108 valence electrons. The summed E-state index contributed by atoms with van der Waals surface area (Å²) in [7, 11) is 1.06. The van der Waals surface area contributed by atoms with E-state index < -0.39 is 18.1 Å². The second-order valence-electron chi connectivity index (χ2n) is 3.84. The highest BCUT2D eigenvalue weighted by Gasteiger charge is 2.62. The molecule has 1 N–H and O–H groups in total. The Morgan fingerprint density at radius 2 is 1.63 bits per heavy atom. The maximum Gasteiger partial charge on any atom is 0.455 e. The molecule has 0 amide bonds. The fourth-order valence-electron chi connectivity index (χ4n) is 1.64. The first-order chi connectivity index (χ1) is 8.74. The number of hydrogen-bond acceptors (Lipinski definition) is 2. The van der Waals surface area contributed by atoms with Crippen LogP contribution in [0.4, 0.5) is 22.0 Å². The van der Waals surface area contributed by atoms with E-state index in [1.54, 1.807) is 6.92 Å². The number of hydrogen-bond donors (Lipinski definition) is 1. The molecule has 0 spiro atoms. The van der Waals surface area contributed by atoms with Crippen LogP contribution in [-0.4, -0.2) is 25.8 Å². The summed E-state index contributed by atoms with van der Waals surface area (Å²) in [6.45, 7) is 2.12. The van der Waals surface area contributed by atoms with Crippen molar-refractivity contribution in [1.82, 2.24) is 5.32 Å². The molecule has 0 heterocycles. The molecular weight excluding hydrogens is 269 g/mol. The van der Waals surface area contributed by atoms with Crippen LogP contribution in [0.15, 0.2) is 24.3 Å². The third kappa shape index (κ3) is 3.34. The standard InChI is InChI=1S/C12H14F5NO/c1-3-19-9-6-4-8(5-7-9)10(18-2)11(13,14)12(15,16)17/h4-7,10,18H,3H2,1-2H3. The zero-order chi connectivity index (χ0) is 14.7. The third-order valence-electron chi connectivity index (χ3n) is 2.55. The van der Waals surface area contributed by atoms with Crippen LogP contribution >= 0.6 is 0 Å². The van der Waals surface area contributed by atoms with Crippen molar-refractivity contribution in [2.24, 2.45) is 0 Å². The predicted octanol–water partition coefficient (Wildman–Crippen LogP) is 3.54. The Bertz CT molecular complexity index is 402. The lowest BCUT2D eigenvalue weighted by atomic mass is 10.00. The van der Waals surface area contributed by atoms with E-state index in [9.17, 15) is 22.0 Å². The van der Waals surface area contributed by atoms with Crippen LogP contribution in [-0.2, 0) is 0 Å². The van der Waals surface area contributed by atoms with Crippen LogP contribution in [0.5, 0.6) is 5.75 Å². The van der Waals surface area contributed by atoms with Gasteiger partial charge in [-0.1, -0.05) is 12.1 Å². The molecule has 0 radical (unpaired) electrons. The highest BCUT2D eigenvalue weighted by Crippen LogP contribution is 2.44. The van der Waals surface area contributed by atoms with Crippen molar-refractivity contribution in [3.63, 3.8) is 0 Å². The number of benzene rings is 1. The van der Waals surface area contributed by atoms with E-state index in [4.69, 9.17) is 4.74 Å². The smallest absolute Gasteiger partial charge is 0.455 e. The van der Waals surface area contributed by atoms with Gasteiger partial charge in [-0.2, -0.15) is 22.0 Å². The minimum Gasteiger partial charge on any atom is -0.494 e. The first kappa shape index (κ1) is 15.7. The molecule has 1 unspecified atom stereocenters. The van der Waals surface area contributed by atoms with E-state index in [1.807, 2.05) is 5.32 Å². The lowest BCUT2D eigenvalue weighted by Crippen LogP contribution is -2.47. The summed E-state index contributed by atoms with van der Waals surface area (Å²) in [5, 5.41) is 2.01. The number of alkyl halides is 5. The van der Waals surface area contributed by atoms with Crippen molar-refractivity contribution in [1.29, 1.82) is 0 Å². The molecule has 0 saturated heterocycles. The van der Waals surface area contributed by atoms with E-state index in [0.717, 1.165) is 7.05 Å². The maximum atomic E-state index is 13.3. The topological polar surface area (TPSA) is 21.3 Å². The van der Waals surface area contributed by atoms with Crippen molar-refractivity contribution in [3.8, 4) is 5.75 Å². The van der Waals surface area contributed by atoms with Crippen LogP contribution < -0.4 is 10.1 Å². The van der Waals surface area contributed by atoms with Gasteiger partial charge in [-0.05, 0) is 31.7 Å². The normalized spacial score (nSPS) is 14.3. The van der Waals surface area contributed by atoms with Gasteiger partial charge in [0.25, 0.3) is 0 Å². The second-order valence-corrected chi connectivity index (χ2v) is 3.84. The summed E-state index contributed by atoms with van der Waals surface area (Å²) in [6.07, 6.45) is -5.61. The van der Waals surface area contributed by atoms with Gasteiger partial charge in [-0.3, -0.25) is 0 Å². The van der Waals surface area contributed by atoms with Gasteiger partial charge in [-0.15, -0.1) is 0 Å². The van der Waals surface area contributed by atoms with Gasteiger partial charge in [0.05, 0.1) is 6.61 Å². The Labute approximate surface area is 107 Å².